The summed E-state index contributed by atoms with van der Waals surface area (Å²) in [5, 5.41) is 4.55. The number of hydrogen-bond donors (Lipinski definition) is 0. The minimum Gasteiger partial charge on any atom is -0.354 e. The standard InChI is InChI=1S/C19H26N4O3S/c1-4-27(25,26)22-11-5-10-21(12-13-22)18-8-9-19(24)23(20-18)17-7-6-15(2)16(3)14-17/h6-9,14H,4-5,10-13H2,1-3H3. The van der Waals surface area contributed by atoms with Crippen LogP contribution in [0.15, 0.2) is 35.1 Å². The Morgan fingerprint density at radius 1 is 1.00 bits per heavy atom. The predicted octanol–water partition coefficient (Wildman–Crippen LogP) is 1.71. The molecule has 7 nitrogen and oxygen atoms in total. The molecule has 1 saturated heterocycles. The molecule has 0 amide bonds. The lowest BCUT2D eigenvalue weighted by molar-refractivity contribution is 0.434. The van der Waals surface area contributed by atoms with Gasteiger partial charge in [-0.1, -0.05) is 6.07 Å². The molecule has 1 aliphatic rings. The van der Waals surface area contributed by atoms with Crippen molar-refractivity contribution in [2.75, 3.05) is 36.8 Å². The average molecular weight is 391 g/mol. The van der Waals surface area contributed by atoms with Gasteiger partial charge < -0.3 is 4.90 Å². The largest absolute Gasteiger partial charge is 0.354 e. The van der Waals surface area contributed by atoms with Crippen LogP contribution in [0.1, 0.15) is 24.5 Å². The van der Waals surface area contributed by atoms with E-state index in [0.29, 0.717) is 32.0 Å². The Morgan fingerprint density at radius 3 is 2.48 bits per heavy atom. The van der Waals surface area contributed by atoms with Crippen LogP contribution < -0.4 is 10.5 Å². The molecule has 146 valence electrons. The highest BCUT2D eigenvalue weighted by Gasteiger charge is 2.24. The van der Waals surface area contributed by atoms with Gasteiger partial charge in [-0.2, -0.15) is 4.68 Å². The van der Waals surface area contributed by atoms with Gasteiger partial charge in [-0.15, -0.1) is 5.10 Å². The van der Waals surface area contributed by atoms with E-state index in [0.717, 1.165) is 23.2 Å². The Balaban J connectivity index is 1.88. The predicted molar refractivity (Wildman–Crippen MR) is 107 cm³/mol. The minimum atomic E-state index is -3.19. The molecular weight excluding hydrogens is 364 g/mol. The molecule has 1 aromatic carbocycles. The van der Waals surface area contributed by atoms with E-state index in [1.807, 2.05) is 36.9 Å². The van der Waals surface area contributed by atoms with Crippen LogP contribution in [0.2, 0.25) is 0 Å². The zero-order valence-electron chi connectivity index (χ0n) is 16.1. The van der Waals surface area contributed by atoms with Crippen molar-refractivity contribution < 1.29 is 8.42 Å². The van der Waals surface area contributed by atoms with Crippen LogP contribution in [0, 0.1) is 13.8 Å². The molecule has 0 unspecified atom stereocenters. The van der Waals surface area contributed by atoms with Crippen LogP contribution in [-0.4, -0.2) is 54.4 Å². The van der Waals surface area contributed by atoms with E-state index in [1.54, 1.807) is 17.3 Å². The lowest BCUT2D eigenvalue weighted by Gasteiger charge is -2.22. The second kappa shape index (κ2) is 7.82. The lowest BCUT2D eigenvalue weighted by Crippen LogP contribution is -2.36. The van der Waals surface area contributed by atoms with Gasteiger partial charge >= 0.3 is 0 Å². The maximum atomic E-state index is 12.3. The van der Waals surface area contributed by atoms with Gasteiger partial charge in [0.25, 0.3) is 5.56 Å². The highest BCUT2D eigenvalue weighted by Crippen LogP contribution is 2.17. The quantitative estimate of drug-likeness (QED) is 0.794. The van der Waals surface area contributed by atoms with Crippen LogP contribution >= 0.6 is 0 Å². The van der Waals surface area contributed by atoms with E-state index in [2.05, 4.69) is 5.10 Å². The van der Waals surface area contributed by atoms with E-state index < -0.39 is 10.0 Å². The molecule has 1 aromatic heterocycles. The highest BCUT2D eigenvalue weighted by atomic mass is 32.2. The first-order valence-electron chi connectivity index (χ1n) is 9.22. The summed E-state index contributed by atoms with van der Waals surface area (Å²) >= 11 is 0. The zero-order valence-corrected chi connectivity index (χ0v) is 16.9. The van der Waals surface area contributed by atoms with Crippen molar-refractivity contribution in [3.8, 4) is 5.69 Å². The van der Waals surface area contributed by atoms with Gasteiger partial charge in [0, 0.05) is 32.2 Å². The van der Waals surface area contributed by atoms with Crippen LogP contribution in [0.5, 0.6) is 0 Å². The number of benzene rings is 1. The fraction of sp³-hybridized carbons (Fsp3) is 0.474. The normalized spacial score (nSPS) is 16.3. The fourth-order valence-corrected chi connectivity index (χ4v) is 4.33. The number of nitrogens with zero attached hydrogens (tertiary/aromatic N) is 4. The number of aromatic nitrogens is 2. The summed E-state index contributed by atoms with van der Waals surface area (Å²) in [6.45, 7) is 7.90. The second-order valence-electron chi connectivity index (χ2n) is 6.85. The van der Waals surface area contributed by atoms with Crippen molar-refractivity contribution in [2.24, 2.45) is 0 Å². The molecule has 2 aromatic rings. The van der Waals surface area contributed by atoms with Gasteiger partial charge in [0.05, 0.1) is 11.4 Å². The van der Waals surface area contributed by atoms with Crippen molar-refractivity contribution in [3.63, 3.8) is 0 Å². The number of hydrogen-bond acceptors (Lipinski definition) is 5. The molecule has 3 rings (SSSR count). The number of rotatable bonds is 4. The lowest BCUT2D eigenvalue weighted by atomic mass is 10.1. The smallest absolute Gasteiger partial charge is 0.271 e. The molecule has 8 heteroatoms. The molecule has 27 heavy (non-hydrogen) atoms. The summed E-state index contributed by atoms with van der Waals surface area (Å²) in [4.78, 5) is 14.4. The van der Waals surface area contributed by atoms with Gasteiger partial charge in [0.1, 0.15) is 5.82 Å². The van der Waals surface area contributed by atoms with Gasteiger partial charge in [-0.05, 0) is 56.5 Å². The number of sulfonamides is 1. The van der Waals surface area contributed by atoms with Gasteiger partial charge in [-0.3, -0.25) is 4.79 Å². The monoisotopic (exact) mass is 390 g/mol. The molecule has 0 aliphatic carbocycles. The first kappa shape index (κ1) is 19.6. The maximum absolute atomic E-state index is 12.3. The topological polar surface area (TPSA) is 75.5 Å². The molecule has 0 spiro atoms. The molecule has 2 heterocycles. The summed E-state index contributed by atoms with van der Waals surface area (Å²) in [5.74, 6) is 0.798. The van der Waals surface area contributed by atoms with Gasteiger partial charge in [-0.25, -0.2) is 12.7 Å². The van der Waals surface area contributed by atoms with Crippen molar-refractivity contribution in [3.05, 3.63) is 51.8 Å². The van der Waals surface area contributed by atoms with E-state index in [9.17, 15) is 13.2 Å². The van der Waals surface area contributed by atoms with Crippen LogP contribution in [0.4, 0.5) is 5.82 Å². The van der Waals surface area contributed by atoms with Crippen molar-refractivity contribution in [1.29, 1.82) is 0 Å². The Morgan fingerprint density at radius 2 is 1.78 bits per heavy atom. The first-order chi connectivity index (χ1) is 12.8. The number of aryl methyl sites for hydroxylation is 2. The molecular formula is C19H26N4O3S. The highest BCUT2D eigenvalue weighted by molar-refractivity contribution is 7.89. The first-order valence-corrected chi connectivity index (χ1v) is 10.8. The number of anilines is 1. The van der Waals surface area contributed by atoms with Crippen molar-refractivity contribution in [2.45, 2.75) is 27.2 Å². The summed E-state index contributed by atoms with van der Waals surface area (Å²) in [6.07, 6.45) is 0.726. The summed E-state index contributed by atoms with van der Waals surface area (Å²) in [5.41, 5.74) is 2.80. The van der Waals surface area contributed by atoms with E-state index in [4.69, 9.17) is 0 Å². The van der Waals surface area contributed by atoms with Gasteiger partial charge in [0.15, 0.2) is 0 Å². The van der Waals surface area contributed by atoms with Crippen LogP contribution in [0.3, 0.4) is 0 Å². The minimum absolute atomic E-state index is 0.114. The Hall–Kier alpha value is -2.19. The zero-order chi connectivity index (χ0) is 19.6. The Labute approximate surface area is 160 Å². The van der Waals surface area contributed by atoms with E-state index in [-0.39, 0.29) is 11.3 Å². The summed E-state index contributed by atoms with van der Waals surface area (Å²) in [6, 6.07) is 9.04. The Kier molecular flexibility index (Phi) is 5.67. The molecule has 0 N–H and O–H groups in total. The summed E-state index contributed by atoms with van der Waals surface area (Å²) < 4.78 is 27.2. The van der Waals surface area contributed by atoms with E-state index in [1.165, 1.54) is 10.7 Å². The maximum Gasteiger partial charge on any atom is 0.271 e. The third-order valence-electron chi connectivity index (χ3n) is 5.06. The summed E-state index contributed by atoms with van der Waals surface area (Å²) in [7, 11) is -3.19. The van der Waals surface area contributed by atoms with E-state index >= 15 is 0 Å². The Bertz CT molecular complexity index is 985. The van der Waals surface area contributed by atoms with Crippen LogP contribution in [-0.2, 0) is 10.0 Å². The second-order valence-corrected chi connectivity index (χ2v) is 9.11. The molecule has 1 aliphatic heterocycles. The van der Waals surface area contributed by atoms with Crippen molar-refractivity contribution in [1.82, 2.24) is 14.1 Å². The average Bonchev–Trinajstić information content (AvgIpc) is 2.91. The van der Waals surface area contributed by atoms with Crippen LogP contribution in [0.25, 0.3) is 5.69 Å². The fourth-order valence-electron chi connectivity index (χ4n) is 3.20. The molecule has 0 radical (unpaired) electrons. The molecule has 0 saturated carbocycles. The van der Waals surface area contributed by atoms with Gasteiger partial charge in [0.2, 0.25) is 10.0 Å². The van der Waals surface area contributed by atoms with Crippen molar-refractivity contribution >= 4 is 15.8 Å². The third-order valence-corrected chi connectivity index (χ3v) is 6.94. The molecule has 0 bridgehead atoms. The molecule has 0 atom stereocenters. The molecule has 1 fully saturated rings. The third kappa shape index (κ3) is 4.22. The SMILES string of the molecule is CCS(=O)(=O)N1CCCN(c2ccc(=O)n(-c3ccc(C)c(C)c3)n2)CC1.